The second-order valence-electron chi connectivity index (χ2n) is 8.25. The molecule has 0 saturated heterocycles. The Balaban J connectivity index is 2.47. The van der Waals surface area contributed by atoms with Gasteiger partial charge in [-0.2, -0.15) is 8.78 Å². The van der Waals surface area contributed by atoms with Crippen LogP contribution in [0.25, 0.3) is 0 Å². The van der Waals surface area contributed by atoms with Gasteiger partial charge in [0.25, 0.3) is 0 Å². The average molecular weight is 525 g/mol. The van der Waals surface area contributed by atoms with E-state index in [-0.39, 0.29) is 12.1 Å². The lowest BCUT2D eigenvalue weighted by Gasteiger charge is -2.24. The van der Waals surface area contributed by atoms with Crippen molar-refractivity contribution >= 4 is 21.8 Å². The van der Waals surface area contributed by atoms with Gasteiger partial charge >= 0.3 is 5.92 Å². The molecule has 0 amide bonds. The summed E-state index contributed by atoms with van der Waals surface area (Å²) in [6.45, 7) is 11.4. The summed E-state index contributed by atoms with van der Waals surface area (Å²) >= 11 is 3.34. The van der Waals surface area contributed by atoms with E-state index in [2.05, 4.69) is 32.8 Å². The number of aliphatic hydroxyl groups is 1. The Morgan fingerprint density at radius 2 is 2.03 bits per heavy atom. The molecule has 0 spiro atoms. The van der Waals surface area contributed by atoms with Crippen LogP contribution in [0.4, 0.5) is 13.2 Å². The standard InChI is InChI=1S/C26H32BrF3N2O/c1-6-9-18(5)32-25(21(14-17(4)27)16(3)7-2)31-15-20-10-8-11-22(23(20)28)26(29,30)24(33)19-12-13-19/h7-11,14,19,24,33H,4,6,12-13,15H2,1-3,5H3,(H,31,32)/b16-7-,18-9+,21-14+. The largest absolute Gasteiger partial charge is 0.386 e. The minimum atomic E-state index is -3.66. The Morgan fingerprint density at radius 3 is 2.58 bits per heavy atom. The van der Waals surface area contributed by atoms with Gasteiger partial charge in [0.05, 0.1) is 12.1 Å². The van der Waals surface area contributed by atoms with Crippen molar-refractivity contribution in [2.75, 3.05) is 0 Å². The van der Waals surface area contributed by atoms with Crippen molar-refractivity contribution in [3.8, 4) is 0 Å². The van der Waals surface area contributed by atoms with Crippen LogP contribution in [0.1, 0.15) is 58.1 Å². The van der Waals surface area contributed by atoms with Gasteiger partial charge < -0.3 is 10.4 Å². The third-order valence-corrected chi connectivity index (χ3v) is 5.75. The molecule has 0 bridgehead atoms. The Labute approximate surface area is 203 Å². The highest BCUT2D eigenvalue weighted by atomic mass is 79.9. The van der Waals surface area contributed by atoms with Crippen LogP contribution in [0.5, 0.6) is 0 Å². The van der Waals surface area contributed by atoms with Crippen molar-refractivity contribution in [1.82, 2.24) is 5.32 Å². The van der Waals surface area contributed by atoms with E-state index in [0.29, 0.717) is 23.2 Å². The van der Waals surface area contributed by atoms with Crippen LogP contribution in [-0.2, 0) is 12.5 Å². The predicted molar refractivity (Wildman–Crippen MR) is 133 cm³/mol. The van der Waals surface area contributed by atoms with Gasteiger partial charge in [-0.15, -0.1) is 0 Å². The van der Waals surface area contributed by atoms with Crippen LogP contribution in [-0.4, -0.2) is 17.0 Å². The van der Waals surface area contributed by atoms with Gasteiger partial charge in [-0.1, -0.05) is 53.7 Å². The first kappa shape index (κ1) is 27.1. The smallest absolute Gasteiger partial charge is 0.301 e. The number of halogens is 4. The van der Waals surface area contributed by atoms with E-state index in [4.69, 9.17) is 0 Å². The molecule has 7 heteroatoms. The average Bonchev–Trinajstić information content (AvgIpc) is 3.60. The summed E-state index contributed by atoms with van der Waals surface area (Å²) in [6, 6.07) is 3.84. The van der Waals surface area contributed by atoms with E-state index in [9.17, 15) is 13.9 Å². The molecular formula is C26H32BrF3N2O. The van der Waals surface area contributed by atoms with Crippen molar-refractivity contribution < 1.29 is 18.3 Å². The van der Waals surface area contributed by atoms with E-state index in [0.717, 1.165) is 29.3 Å². The van der Waals surface area contributed by atoms with Gasteiger partial charge in [-0.3, -0.25) is 4.99 Å². The number of hydrogen-bond donors (Lipinski definition) is 2. The Kier molecular flexibility index (Phi) is 9.73. The molecule has 0 radical (unpaired) electrons. The highest BCUT2D eigenvalue weighted by Gasteiger charge is 2.50. The number of aliphatic hydroxyl groups excluding tert-OH is 1. The summed E-state index contributed by atoms with van der Waals surface area (Å²) in [6.07, 6.45) is 5.68. The zero-order chi connectivity index (χ0) is 24.8. The second-order valence-corrected chi connectivity index (χ2v) is 9.26. The molecule has 33 heavy (non-hydrogen) atoms. The highest BCUT2D eigenvalue weighted by molar-refractivity contribution is 9.11. The number of nitrogens with one attached hydrogen (secondary N) is 1. The lowest BCUT2D eigenvalue weighted by Crippen LogP contribution is -2.33. The Morgan fingerprint density at radius 1 is 1.36 bits per heavy atom. The monoisotopic (exact) mass is 524 g/mol. The SMILES string of the molecule is C=C(Br)/C=C(C(=NCc1cccc(C(F)(F)C(O)C2CC2)c1F)N/C(C)=C/CC)\C(C)=C/C. The maximum Gasteiger partial charge on any atom is 0.301 e. The van der Waals surface area contributed by atoms with Gasteiger partial charge in [-0.25, -0.2) is 4.39 Å². The molecule has 180 valence electrons. The fourth-order valence-corrected chi connectivity index (χ4v) is 3.64. The quantitative estimate of drug-likeness (QED) is 0.191. The van der Waals surface area contributed by atoms with E-state index in [1.807, 2.05) is 39.8 Å². The molecule has 1 aromatic rings. The number of nitrogens with zero attached hydrogens (tertiary/aromatic N) is 1. The summed E-state index contributed by atoms with van der Waals surface area (Å²) in [5.41, 5.74) is 1.76. The maximum atomic E-state index is 15.1. The van der Waals surface area contributed by atoms with Crippen LogP contribution >= 0.6 is 15.9 Å². The maximum absolute atomic E-state index is 15.1. The van der Waals surface area contributed by atoms with Crippen molar-refractivity contribution in [3.05, 3.63) is 81.3 Å². The van der Waals surface area contributed by atoms with E-state index < -0.39 is 29.3 Å². The molecule has 1 saturated carbocycles. The molecule has 1 unspecified atom stereocenters. The summed E-state index contributed by atoms with van der Waals surface area (Å²) in [7, 11) is 0. The molecule has 1 fully saturated rings. The van der Waals surface area contributed by atoms with Gasteiger partial charge in [0.15, 0.2) is 0 Å². The van der Waals surface area contributed by atoms with Crippen molar-refractivity contribution in [3.63, 3.8) is 0 Å². The summed E-state index contributed by atoms with van der Waals surface area (Å²) in [5, 5.41) is 13.3. The third kappa shape index (κ3) is 7.18. The fourth-order valence-electron chi connectivity index (χ4n) is 3.41. The highest BCUT2D eigenvalue weighted by Crippen LogP contribution is 2.45. The van der Waals surface area contributed by atoms with Crippen LogP contribution in [0, 0.1) is 11.7 Å². The van der Waals surface area contributed by atoms with Crippen molar-refractivity contribution in [2.45, 2.75) is 65.5 Å². The first-order chi connectivity index (χ1) is 15.5. The lowest BCUT2D eigenvalue weighted by atomic mass is 9.97. The molecule has 0 aliphatic heterocycles. The normalized spacial score (nSPS) is 17.2. The molecule has 1 atom stereocenters. The summed E-state index contributed by atoms with van der Waals surface area (Å²) in [4.78, 5) is 4.56. The molecule has 0 aromatic heterocycles. The lowest BCUT2D eigenvalue weighted by molar-refractivity contribution is -0.126. The van der Waals surface area contributed by atoms with Crippen LogP contribution < -0.4 is 5.32 Å². The van der Waals surface area contributed by atoms with Gasteiger partial charge in [-0.05, 0) is 63.7 Å². The van der Waals surface area contributed by atoms with Crippen molar-refractivity contribution in [1.29, 1.82) is 0 Å². The van der Waals surface area contributed by atoms with Gasteiger partial charge in [0, 0.05) is 21.3 Å². The Bertz CT molecular complexity index is 991. The minimum Gasteiger partial charge on any atom is -0.386 e. The van der Waals surface area contributed by atoms with E-state index in [1.165, 1.54) is 12.1 Å². The number of hydrogen-bond acceptors (Lipinski definition) is 2. The number of amidine groups is 1. The first-order valence-corrected chi connectivity index (χ1v) is 11.8. The number of aliphatic imine (C=N–C) groups is 1. The molecule has 2 rings (SSSR count). The molecule has 1 aliphatic carbocycles. The summed E-state index contributed by atoms with van der Waals surface area (Å²) < 4.78 is 45.3. The number of benzene rings is 1. The van der Waals surface area contributed by atoms with Gasteiger partial charge in [0.1, 0.15) is 17.8 Å². The topological polar surface area (TPSA) is 44.6 Å². The first-order valence-electron chi connectivity index (χ1n) is 11.0. The third-order valence-electron chi connectivity index (χ3n) is 5.53. The Hall–Kier alpha value is -2.12. The summed E-state index contributed by atoms with van der Waals surface area (Å²) in [5.74, 6) is -4.71. The van der Waals surface area contributed by atoms with E-state index in [1.54, 1.807) is 6.08 Å². The van der Waals surface area contributed by atoms with Gasteiger partial charge in [0.2, 0.25) is 0 Å². The zero-order valence-electron chi connectivity index (χ0n) is 19.6. The molecular weight excluding hydrogens is 493 g/mol. The molecule has 0 heterocycles. The molecule has 3 nitrogen and oxygen atoms in total. The van der Waals surface area contributed by atoms with Crippen molar-refractivity contribution in [2.24, 2.45) is 10.9 Å². The minimum absolute atomic E-state index is 0.0294. The molecule has 2 N–H and O–H groups in total. The molecule has 1 aliphatic rings. The number of alkyl halides is 2. The molecule has 1 aromatic carbocycles. The second kappa shape index (κ2) is 11.8. The number of rotatable bonds is 10. The van der Waals surface area contributed by atoms with Crippen LogP contribution in [0.15, 0.2) is 69.3 Å². The predicted octanol–water partition coefficient (Wildman–Crippen LogP) is 7.29. The number of allylic oxidation sites excluding steroid dienone is 5. The van der Waals surface area contributed by atoms with E-state index >= 15 is 4.39 Å². The van der Waals surface area contributed by atoms with Crippen LogP contribution in [0.3, 0.4) is 0 Å². The zero-order valence-corrected chi connectivity index (χ0v) is 21.1. The van der Waals surface area contributed by atoms with Crippen LogP contribution in [0.2, 0.25) is 0 Å². The fraction of sp³-hybridized carbons (Fsp3) is 0.423.